The maximum atomic E-state index is 12.1. The predicted octanol–water partition coefficient (Wildman–Crippen LogP) is 4.91. The highest BCUT2D eigenvalue weighted by Gasteiger charge is 2.09. The van der Waals surface area contributed by atoms with E-state index in [1.165, 1.54) is 6.08 Å². The van der Waals surface area contributed by atoms with Crippen LogP contribution in [-0.4, -0.2) is 15.9 Å². The van der Waals surface area contributed by atoms with E-state index in [0.717, 1.165) is 26.5 Å². The molecule has 0 saturated carbocycles. The lowest BCUT2D eigenvalue weighted by Gasteiger charge is -2.04. The predicted molar refractivity (Wildman–Crippen MR) is 104 cm³/mol. The third-order valence-corrected chi connectivity index (χ3v) is 4.86. The normalized spacial score (nSPS) is 11.3. The number of aromatic nitrogens is 2. The Morgan fingerprint density at radius 2 is 2.08 bits per heavy atom. The molecule has 128 valence electrons. The quantitative estimate of drug-likeness (QED) is 0.524. The highest BCUT2D eigenvalue weighted by molar-refractivity contribution is 7.21. The van der Waals surface area contributed by atoms with Gasteiger partial charge in [-0.25, -0.2) is 4.98 Å². The molecule has 3 heterocycles. The number of aryl methyl sites for hydroxylation is 1. The molecule has 4 rings (SSSR count). The molecule has 0 spiro atoms. The summed E-state index contributed by atoms with van der Waals surface area (Å²) in [5, 5.41) is 3.64. The lowest BCUT2D eigenvalue weighted by molar-refractivity contribution is -0.111. The van der Waals surface area contributed by atoms with Crippen molar-refractivity contribution in [2.75, 3.05) is 5.32 Å². The van der Waals surface area contributed by atoms with E-state index in [0.29, 0.717) is 11.5 Å². The van der Waals surface area contributed by atoms with Gasteiger partial charge >= 0.3 is 0 Å². The summed E-state index contributed by atoms with van der Waals surface area (Å²) in [5.41, 5.74) is 2.60. The van der Waals surface area contributed by atoms with Crippen molar-refractivity contribution in [1.82, 2.24) is 9.97 Å². The second-order valence-corrected chi connectivity index (χ2v) is 6.73. The van der Waals surface area contributed by atoms with E-state index >= 15 is 0 Å². The lowest BCUT2D eigenvalue weighted by atomic mass is 10.2. The Labute approximate surface area is 154 Å². The van der Waals surface area contributed by atoms with Crippen LogP contribution in [0.25, 0.3) is 27.1 Å². The SMILES string of the molecule is Cc1cnccc1NC(=O)/C=C/c1ccc(-c2nc3ccccc3s2)o1. The van der Waals surface area contributed by atoms with Gasteiger partial charge in [0.25, 0.3) is 0 Å². The summed E-state index contributed by atoms with van der Waals surface area (Å²) < 4.78 is 6.91. The van der Waals surface area contributed by atoms with Crippen molar-refractivity contribution in [3.8, 4) is 10.8 Å². The van der Waals surface area contributed by atoms with E-state index in [2.05, 4.69) is 15.3 Å². The number of anilines is 1. The first-order valence-electron chi connectivity index (χ1n) is 8.04. The van der Waals surface area contributed by atoms with Crippen molar-refractivity contribution >= 4 is 39.2 Å². The topological polar surface area (TPSA) is 68.0 Å². The Bertz CT molecular complexity index is 1080. The molecule has 0 aliphatic rings. The number of nitrogens with zero attached hydrogens (tertiary/aromatic N) is 2. The summed E-state index contributed by atoms with van der Waals surface area (Å²) >= 11 is 1.58. The first-order valence-corrected chi connectivity index (χ1v) is 8.86. The molecule has 6 heteroatoms. The molecule has 4 aromatic rings. The molecule has 0 unspecified atom stereocenters. The molecule has 26 heavy (non-hydrogen) atoms. The summed E-state index contributed by atoms with van der Waals surface area (Å²) in [6.07, 6.45) is 6.43. The van der Waals surface area contributed by atoms with Crippen LogP contribution < -0.4 is 5.32 Å². The Balaban J connectivity index is 1.48. The molecule has 0 fully saturated rings. The summed E-state index contributed by atoms with van der Waals surface area (Å²) in [4.78, 5) is 20.6. The van der Waals surface area contributed by atoms with Crippen LogP contribution in [0, 0.1) is 6.92 Å². The molecular weight excluding hydrogens is 346 g/mol. The maximum absolute atomic E-state index is 12.1. The summed E-state index contributed by atoms with van der Waals surface area (Å²) in [6.45, 7) is 1.89. The van der Waals surface area contributed by atoms with Crippen LogP contribution in [0.2, 0.25) is 0 Å². The number of para-hydroxylation sites is 1. The van der Waals surface area contributed by atoms with Crippen LogP contribution in [0.4, 0.5) is 5.69 Å². The van der Waals surface area contributed by atoms with Gasteiger partial charge in [0.15, 0.2) is 10.8 Å². The van der Waals surface area contributed by atoms with E-state index in [-0.39, 0.29) is 5.91 Å². The number of hydrogen-bond acceptors (Lipinski definition) is 5. The third-order valence-electron chi connectivity index (χ3n) is 3.81. The monoisotopic (exact) mass is 361 g/mol. The van der Waals surface area contributed by atoms with E-state index in [1.807, 2.05) is 43.3 Å². The van der Waals surface area contributed by atoms with Gasteiger partial charge < -0.3 is 9.73 Å². The molecule has 1 aromatic carbocycles. The van der Waals surface area contributed by atoms with Crippen molar-refractivity contribution in [1.29, 1.82) is 0 Å². The van der Waals surface area contributed by atoms with E-state index in [9.17, 15) is 4.79 Å². The van der Waals surface area contributed by atoms with Crippen LogP contribution in [-0.2, 0) is 4.79 Å². The van der Waals surface area contributed by atoms with Gasteiger partial charge in [0, 0.05) is 24.2 Å². The van der Waals surface area contributed by atoms with Crippen LogP contribution >= 0.6 is 11.3 Å². The smallest absolute Gasteiger partial charge is 0.248 e. The van der Waals surface area contributed by atoms with Crippen LogP contribution in [0.1, 0.15) is 11.3 Å². The number of rotatable bonds is 4. The number of thiazole rings is 1. The van der Waals surface area contributed by atoms with Gasteiger partial charge in [0.2, 0.25) is 5.91 Å². The number of carbonyl (C=O) groups excluding carboxylic acids is 1. The Morgan fingerprint density at radius 3 is 2.92 bits per heavy atom. The van der Waals surface area contributed by atoms with Gasteiger partial charge in [-0.15, -0.1) is 11.3 Å². The van der Waals surface area contributed by atoms with Crippen molar-refractivity contribution in [2.45, 2.75) is 6.92 Å². The fraction of sp³-hybridized carbons (Fsp3) is 0.0500. The minimum Gasteiger partial charge on any atom is -0.454 e. The molecule has 1 amide bonds. The second kappa shape index (κ2) is 6.93. The van der Waals surface area contributed by atoms with Gasteiger partial charge in [-0.1, -0.05) is 12.1 Å². The van der Waals surface area contributed by atoms with Crippen LogP contribution in [0.3, 0.4) is 0 Å². The number of carbonyl (C=O) groups is 1. The first-order chi connectivity index (χ1) is 12.7. The fourth-order valence-corrected chi connectivity index (χ4v) is 3.41. The number of nitrogens with one attached hydrogen (secondary N) is 1. The molecule has 1 N–H and O–H groups in total. The minimum atomic E-state index is -0.225. The average Bonchev–Trinajstić information content (AvgIpc) is 3.28. The molecule has 0 atom stereocenters. The van der Waals surface area contributed by atoms with Gasteiger partial charge in [0.05, 0.1) is 10.2 Å². The molecule has 0 radical (unpaired) electrons. The zero-order valence-corrected chi connectivity index (χ0v) is 14.8. The molecular formula is C20H15N3O2S. The molecule has 0 aliphatic heterocycles. The molecule has 5 nitrogen and oxygen atoms in total. The Kier molecular flexibility index (Phi) is 4.33. The first kappa shape index (κ1) is 16.2. The lowest BCUT2D eigenvalue weighted by Crippen LogP contribution is -2.08. The number of fused-ring (bicyclic) bond motifs is 1. The standard InChI is InChI=1S/C20H15N3O2S/c1-13-12-21-11-10-15(13)22-19(24)9-7-14-6-8-17(25-14)20-23-16-4-2-3-5-18(16)26-20/h2-12H,1H3,(H,21,22,24)/b9-7+. The minimum absolute atomic E-state index is 0.225. The Morgan fingerprint density at radius 1 is 1.19 bits per heavy atom. The largest absolute Gasteiger partial charge is 0.454 e. The third kappa shape index (κ3) is 3.41. The molecule has 3 aromatic heterocycles. The summed E-state index contributed by atoms with van der Waals surface area (Å²) in [6, 6.07) is 13.4. The average molecular weight is 361 g/mol. The molecule has 0 bridgehead atoms. The van der Waals surface area contributed by atoms with Crippen molar-refractivity contribution in [3.05, 3.63) is 72.3 Å². The number of hydrogen-bond donors (Lipinski definition) is 1. The van der Waals surface area contributed by atoms with Crippen LogP contribution in [0.15, 0.2) is 65.4 Å². The number of benzene rings is 1. The summed E-state index contributed by atoms with van der Waals surface area (Å²) in [7, 11) is 0. The van der Waals surface area contributed by atoms with Crippen molar-refractivity contribution in [3.63, 3.8) is 0 Å². The number of amides is 1. The summed E-state index contributed by atoms with van der Waals surface area (Å²) in [5.74, 6) is 1.06. The second-order valence-electron chi connectivity index (χ2n) is 5.70. The van der Waals surface area contributed by atoms with Crippen molar-refractivity contribution in [2.24, 2.45) is 0 Å². The highest BCUT2D eigenvalue weighted by atomic mass is 32.1. The fourth-order valence-electron chi connectivity index (χ4n) is 2.48. The van der Waals surface area contributed by atoms with E-state index in [4.69, 9.17) is 4.42 Å². The van der Waals surface area contributed by atoms with Crippen molar-refractivity contribution < 1.29 is 9.21 Å². The zero-order chi connectivity index (χ0) is 17.9. The molecule has 0 aliphatic carbocycles. The maximum Gasteiger partial charge on any atom is 0.248 e. The van der Waals surface area contributed by atoms with E-state index < -0.39 is 0 Å². The van der Waals surface area contributed by atoms with Gasteiger partial charge in [0.1, 0.15) is 5.76 Å². The van der Waals surface area contributed by atoms with Gasteiger partial charge in [-0.05, 0) is 48.9 Å². The number of pyridine rings is 1. The van der Waals surface area contributed by atoms with E-state index in [1.54, 1.807) is 35.9 Å². The highest BCUT2D eigenvalue weighted by Crippen LogP contribution is 2.31. The molecule has 0 saturated heterocycles. The Hall–Kier alpha value is -3.25. The van der Waals surface area contributed by atoms with Crippen LogP contribution in [0.5, 0.6) is 0 Å². The van der Waals surface area contributed by atoms with Gasteiger partial charge in [-0.3, -0.25) is 9.78 Å². The van der Waals surface area contributed by atoms with Gasteiger partial charge in [-0.2, -0.15) is 0 Å². The number of furan rings is 1. The zero-order valence-electron chi connectivity index (χ0n) is 14.0.